The van der Waals surface area contributed by atoms with Gasteiger partial charge in [0.1, 0.15) is 0 Å². The van der Waals surface area contributed by atoms with Gasteiger partial charge in [-0.15, -0.1) is 0 Å². The van der Waals surface area contributed by atoms with Gasteiger partial charge in [0, 0.05) is 0 Å². The largest absolute Gasteiger partial charge is 0.165 e. The molecule has 0 rings (SSSR count). The maximum Gasteiger partial charge on any atom is -0.00327 e. The molecule has 0 amide bonds. The van der Waals surface area contributed by atoms with Crippen LogP contribution in [0.5, 0.6) is 0 Å². The zero-order valence-electron chi connectivity index (χ0n) is 8.68. The van der Waals surface area contributed by atoms with Gasteiger partial charge in [-0.25, -0.2) is 0 Å². The first-order chi connectivity index (χ1) is 5.52. The molecule has 0 bridgehead atoms. The van der Waals surface area contributed by atoms with Crippen LogP contribution in [-0.4, -0.2) is 12.0 Å². The predicted molar refractivity (Wildman–Crippen MR) is 60.7 cm³/mol. The minimum Gasteiger partial charge on any atom is -0.165 e. The van der Waals surface area contributed by atoms with E-state index >= 15 is 0 Å². The summed E-state index contributed by atoms with van der Waals surface area (Å²) in [4.78, 5) is 0. The Morgan fingerprint density at radius 3 is 2.33 bits per heavy atom. The minimum absolute atomic E-state index is 0.296. The van der Waals surface area contributed by atoms with Gasteiger partial charge < -0.3 is 0 Å². The Labute approximate surface area is 81.1 Å². The second kappa shape index (κ2) is 5.47. The van der Waals surface area contributed by atoms with Crippen molar-refractivity contribution in [2.75, 3.05) is 12.0 Å². The molecule has 1 heteroatoms. The van der Waals surface area contributed by atoms with Crippen molar-refractivity contribution in [2.45, 2.75) is 27.2 Å². The number of thioether (sulfide) groups is 1. The van der Waals surface area contributed by atoms with Crippen LogP contribution in [0.4, 0.5) is 0 Å². The lowest BCUT2D eigenvalue weighted by atomic mass is 9.84. The van der Waals surface area contributed by atoms with Crippen molar-refractivity contribution in [3.05, 3.63) is 24.3 Å². The average molecular weight is 184 g/mol. The molecule has 0 spiro atoms. The summed E-state index contributed by atoms with van der Waals surface area (Å²) in [6.07, 6.45) is 7.36. The van der Waals surface area contributed by atoms with Gasteiger partial charge in [0.25, 0.3) is 0 Å². The van der Waals surface area contributed by atoms with E-state index in [9.17, 15) is 0 Å². The van der Waals surface area contributed by atoms with Gasteiger partial charge in [0.05, 0.1) is 0 Å². The van der Waals surface area contributed by atoms with Crippen LogP contribution in [-0.2, 0) is 0 Å². The highest BCUT2D eigenvalue weighted by Crippen LogP contribution is 2.28. The van der Waals surface area contributed by atoms with E-state index in [0.29, 0.717) is 5.41 Å². The first-order valence-electron chi connectivity index (χ1n) is 4.33. The number of hydrogen-bond acceptors (Lipinski definition) is 1. The van der Waals surface area contributed by atoms with Gasteiger partial charge in [-0.3, -0.25) is 0 Å². The maximum atomic E-state index is 3.74. The molecule has 0 aliphatic carbocycles. The van der Waals surface area contributed by atoms with Crippen LogP contribution >= 0.6 is 11.8 Å². The van der Waals surface area contributed by atoms with Crippen molar-refractivity contribution < 1.29 is 0 Å². The Balaban J connectivity index is 4.25. The molecule has 0 aromatic rings. The van der Waals surface area contributed by atoms with E-state index in [1.807, 2.05) is 17.8 Å². The fourth-order valence-corrected chi connectivity index (χ4v) is 1.49. The first-order valence-corrected chi connectivity index (χ1v) is 5.72. The Hall–Kier alpha value is -0.170. The predicted octanol–water partition coefficient (Wildman–Crippen LogP) is 3.90. The van der Waals surface area contributed by atoms with Crippen LogP contribution in [0.25, 0.3) is 0 Å². The topological polar surface area (TPSA) is 0 Å². The smallest absolute Gasteiger partial charge is 0.00327 e. The second-order valence-electron chi connectivity index (χ2n) is 3.92. The standard InChI is InChI=1S/C11H20S/c1-6-7-10(8-9-12-5)11(2,3)4/h6-7H,1,8-9H2,2-5H3/b10-7+. The lowest BCUT2D eigenvalue weighted by Gasteiger charge is -2.22. The van der Waals surface area contributed by atoms with Crippen LogP contribution in [0, 0.1) is 5.41 Å². The summed E-state index contributed by atoms with van der Waals surface area (Å²) in [5.41, 5.74) is 1.79. The molecule has 0 unspecified atom stereocenters. The van der Waals surface area contributed by atoms with Crippen molar-refractivity contribution in [3.8, 4) is 0 Å². The molecule has 0 saturated carbocycles. The Kier molecular flexibility index (Phi) is 5.39. The van der Waals surface area contributed by atoms with Crippen molar-refractivity contribution in [1.82, 2.24) is 0 Å². The Bertz CT molecular complexity index is 160. The highest BCUT2D eigenvalue weighted by Gasteiger charge is 2.15. The molecule has 0 fully saturated rings. The number of allylic oxidation sites excluding steroid dienone is 3. The van der Waals surface area contributed by atoms with Crippen LogP contribution in [0.3, 0.4) is 0 Å². The summed E-state index contributed by atoms with van der Waals surface area (Å²) in [6, 6.07) is 0. The molecule has 0 aliphatic rings. The summed E-state index contributed by atoms with van der Waals surface area (Å²) in [7, 11) is 0. The van der Waals surface area contributed by atoms with Crippen LogP contribution in [0.15, 0.2) is 24.3 Å². The van der Waals surface area contributed by atoms with Gasteiger partial charge in [-0.05, 0) is 23.8 Å². The van der Waals surface area contributed by atoms with Gasteiger partial charge in [-0.1, -0.05) is 45.1 Å². The molecule has 70 valence electrons. The van der Waals surface area contributed by atoms with Crippen LogP contribution in [0.2, 0.25) is 0 Å². The van der Waals surface area contributed by atoms with E-state index in [-0.39, 0.29) is 0 Å². The van der Waals surface area contributed by atoms with Gasteiger partial charge >= 0.3 is 0 Å². The average Bonchev–Trinajstić information content (AvgIpc) is 1.95. The molecule has 0 aromatic carbocycles. The maximum absolute atomic E-state index is 3.74. The van der Waals surface area contributed by atoms with Crippen molar-refractivity contribution in [2.24, 2.45) is 5.41 Å². The van der Waals surface area contributed by atoms with Gasteiger partial charge in [0.2, 0.25) is 0 Å². The molecule has 0 heterocycles. The molecule has 0 aromatic heterocycles. The molecular weight excluding hydrogens is 164 g/mol. The Morgan fingerprint density at radius 2 is 2.00 bits per heavy atom. The van der Waals surface area contributed by atoms with Crippen LogP contribution in [0.1, 0.15) is 27.2 Å². The van der Waals surface area contributed by atoms with Gasteiger partial charge in [-0.2, -0.15) is 11.8 Å². The summed E-state index contributed by atoms with van der Waals surface area (Å²) in [5, 5.41) is 0. The fourth-order valence-electron chi connectivity index (χ4n) is 1.06. The second-order valence-corrected chi connectivity index (χ2v) is 4.91. The lowest BCUT2D eigenvalue weighted by molar-refractivity contribution is 0.489. The van der Waals surface area contributed by atoms with E-state index in [4.69, 9.17) is 0 Å². The fraction of sp³-hybridized carbons (Fsp3) is 0.636. The molecular formula is C11H20S. The van der Waals surface area contributed by atoms with Crippen molar-refractivity contribution >= 4 is 11.8 Å². The van der Waals surface area contributed by atoms with E-state index in [2.05, 4.69) is 39.7 Å². The zero-order valence-corrected chi connectivity index (χ0v) is 9.50. The molecule has 0 nitrogen and oxygen atoms in total. The van der Waals surface area contributed by atoms with Crippen molar-refractivity contribution in [3.63, 3.8) is 0 Å². The minimum atomic E-state index is 0.296. The number of rotatable bonds is 4. The number of hydrogen-bond donors (Lipinski definition) is 0. The van der Waals surface area contributed by atoms with E-state index in [1.165, 1.54) is 17.7 Å². The molecule has 0 saturated heterocycles. The Morgan fingerprint density at radius 1 is 1.42 bits per heavy atom. The summed E-state index contributed by atoms with van der Waals surface area (Å²) >= 11 is 1.90. The highest BCUT2D eigenvalue weighted by atomic mass is 32.2. The van der Waals surface area contributed by atoms with Gasteiger partial charge in [0.15, 0.2) is 0 Å². The van der Waals surface area contributed by atoms with Crippen molar-refractivity contribution in [1.29, 1.82) is 0 Å². The van der Waals surface area contributed by atoms with Crippen LogP contribution < -0.4 is 0 Å². The quantitative estimate of drug-likeness (QED) is 0.597. The highest BCUT2D eigenvalue weighted by molar-refractivity contribution is 7.98. The van der Waals surface area contributed by atoms with E-state index in [0.717, 1.165) is 0 Å². The molecule has 12 heavy (non-hydrogen) atoms. The first kappa shape index (κ1) is 11.8. The lowest BCUT2D eigenvalue weighted by Crippen LogP contribution is -2.09. The zero-order chi connectivity index (χ0) is 9.61. The molecule has 0 N–H and O–H groups in total. The molecule has 0 atom stereocenters. The molecule has 0 radical (unpaired) electrons. The summed E-state index contributed by atoms with van der Waals surface area (Å²) in [5.74, 6) is 1.21. The third kappa shape index (κ3) is 4.66. The summed E-state index contributed by atoms with van der Waals surface area (Å²) in [6.45, 7) is 10.5. The summed E-state index contributed by atoms with van der Waals surface area (Å²) < 4.78 is 0. The normalized spacial score (nSPS) is 13.2. The van der Waals surface area contributed by atoms with E-state index < -0.39 is 0 Å². The van der Waals surface area contributed by atoms with E-state index in [1.54, 1.807) is 0 Å². The monoisotopic (exact) mass is 184 g/mol. The SMILES string of the molecule is C=C/C=C(\CCSC)C(C)(C)C. The molecule has 0 aliphatic heterocycles. The third-order valence-electron chi connectivity index (χ3n) is 1.86. The third-order valence-corrected chi connectivity index (χ3v) is 2.47.